The fourth-order valence-electron chi connectivity index (χ4n) is 4.24. The minimum atomic E-state index is -0.363. The summed E-state index contributed by atoms with van der Waals surface area (Å²) in [6.07, 6.45) is 1.56. The number of hydrogen-bond donors (Lipinski definition) is 2. The zero-order valence-corrected chi connectivity index (χ0v) is 19.0. The Bertz CT molecular complexity index is 778. The molecule has 2 heterocycles. The summed E-state index contributed by atoms with van der Waals surface area (Å²) in [6.45, 7) is 10.9. The lowest BCUT2D eigenvalue weighted by Gasteiger charge is -2.37. The number of benzene rings is 1. The third-order valence-corrected chi connectivity index (χ3v) is 5.72. The maximum absolute atomic E-state index is 14.8. The molecule has 2 aliphatic heterocycles. The molecule has 3 atom stereocenters. The van der Waals surface area contributed by atoms with Gasteiger partial charge in [0.05, 0.1) is 23.8 Å². The Morgan fingerprint density at radius 1 is 1.19 bits per heavy atom. The van der Waals surface area contributed by atoms with Gasteiger partial charge >= 0.3 is 6.03 Å². The molecule has 1 aromatic carbocycles. The number of likely N-dealkylation sites (tertiary alicyclic amines) is 1. The van der Waals surface area contributed by atoms with Crippen molar-refractivity contribution in [3.05, 3.63) is 24.0 Å². The van der Waals surface area contributed by atoms with E-state index >= 15 is 0 Å². The Morgan fingerprint density at radius 2 is 1.90 bits per heavy atom. The molecule has 2 N–H and O–H groups in total. The maximum atomic E-state index is 14.8. The second kappa shape index (κ2) is 10.3. The number of amides is 3. The number of halogens is 1. The van der Waals surface area contributed by atoms with E-state index in [1.807, 2.05) is 32.6 Å². The lowest BCUT2D eigenvalue weighted by atomic mass is 9.97. The number of urea groups is 1. The number of morpholine rings is 1. The maximum Gasteiger partial charge on any atom is 0.317 e. The summed E-state index contributed by atoms with van der Waals surface area (Å²) in [7, 11) is 0. The number of carbonyl (C=O) groups excluding carboxylic acids is 2. The Hall–Kier alpha value is -2.35. The third-order valence-electron chi connectivity index (χ3n) is 5.72. The van der Waals surface area contributed by atoms with Gasteiger partial charge in [-0.05, 0) is 50.8 Å². The summed E-state index contributed by atoms with van der Waals surface area (Å²) < 4.78 is 20.5. The number of ether oxygens (including phenoxy) is 1. The van der Waals surface area contributed by atoms with Crippen molar-refractivity contribution in [3.63, 3.8) is 0 Å². The zero-order valence-electron chi connectivity index (χ0n) is 19.0. The van der Waals surface area contributed by atoms with Gasteiger partial charge in [0, 0.05) is 38.4 Å². The zero-order chi connectivity index (χ0) is 22.5. The molecule has 7 nitrogen and oxygen atoms in total. The number of nitrogens with zero attached hydrogens (tertiary/aromatic N) is 2. The van der Waals surface area contributed by atoms with Crippen LogP contribution < -0.4 is 15.5 Å². The predicted molar refractivity (Wildman–Crippen MR) is 120 cm³/mol. The van der Waals surface area contributed by atoms with Crippen LogP contribution in [0.1, 0.15) is 40.5 Å². The van der Waals surface area contributed by atoms with Crippen LogP contribution in [0.4, 0.5) is 20.6 Å². The van der Waals surface area contributed by atoms with Gasteiger partial charge in [0.25, 0.3) is 0 Å². The number of hydrogen-bond acceptors (Lipinski definition) is 4. The fourth-order valence-corrected chi connectivity index (χ4v) is 4.24. The minimum absolute atomic E-state index is 0.0366. The first-order valence-corrected chi connectivity index (χ1v) is 11.3. The summed E-state index contributed by atoms with van der Waals surface area (Å²) in [5.41, 5.74) is 0.952. The molecule has 0 bridgehead atoms. The molecule has 172 valence electrons. The van der Waals surface area contributed by atoms with Gasteiger partial charge in [-0.25, -0.2) is 9.18 Å². The van der Waals surface area contributed by atoms with Crippen LogP contribution >= 0.6 is 0 Å². The van der Waals surface area contributed by atoms with Crippen LogP contribution in [0.15, 0.2) is 18.2 Å². The van der Waals surface area contributed by atoms with E-state index in [-0.39, 0.29) is 35.9 Å². The number of rotatable bonds is 5. The number of nitrogens with one attached hydrogen (secondary N) is 2. The second-order valence-electron chi connectivity index (χ2n) is 9.18. The Kier molecular flexibility index (Phi) is 7.75. The van der Waals surface area contributed by atoms with E-state index in [1.165, 1.54) is 6.07 Å². The molecule has 0 spiro atoms. The van der Waals surface area contributed by atoms with Gasteiger partial charge in [-0.3, -0.25) is 4.79 Å². The Labute approximate surface area is 184 Å². The smallest absolute Gasteiger partial charge is 0.317 e. The van der Waals surface area contributed by atoms with Crippen LogP contribution in [0, 0.1) is 17.7 Å². The van der Waals surface area contributed by atoms with E-state index in [2.05, 4.69) is 10.6 Å². The van der Waals surface area contributed by atoms with Gasteiger partial charge in [0.1, 0.15) is 5.82 Å². The monoisotopic (exact) mass is 434 g/mol. The SMILES string of the molecule is CC(C)CNC(=O)N1CCC[C@H](C(=O)Nc2ccc(N3C[C@@H](C)O[C@@H](C)C3)c(F)c2)C1. The molecule has 8 heteroatoms. The van der Waals surface area contributed by atoms with Crippen LogP contribution in [-0.2, 0) is 9.53 Å². The summed E-state index contributed by atoms with van der Waals surface area (Å²) in [5, 5.41) is 5.73. The first-order valence-electron chi connectivity index (χ1n) is 11.3. The van der Waals surface area contributed by atoms with Crippen molar-refractivity contribution in [3.8, 4) is 0 Å². The molecule has 3 rings (SSSR count). The van der Waals surface area contributed by atoms with Crippen molar-refractivity contribution in [2.75, 3.05) is 42.9 Å². The van der Waals surface area contributed by atoms with Gasteiger partial charge in [0.15, 0.2) is 0 Å². The number of carbonyl (C=O) groups is 2. The summed E-state index contributed by atoms with van der Waals surface area (Å²) in [4.78, 5) is 28.8. The molecule has 2 fully saturated rings. The molecule has 1 aromatic rings. The summed E-state index contributed by atoms with van der Waals surface area (Å²) in [6, 6.07) is 4.68. The lowest BCUT2D eigenvalue weighted by molar-refractivity contribution is -0.121. The molecule has 2 aliphatic rings. The van der Waals surface area contributed by atoms with E-state index in [9.17, 15) is 14.0 Å². The minimum Gasteiger partial charge on any atom is -0.372 e. The second-order valence-corrected chi connectivity index (χ2v) is 9.18. The molecule has 3 amide bonds. The van der Waals surface area contributed by atoms with Gasteiger partial charge in [0.2, 0.25) is 5.91 Å². The van der Waals surface area contributed by atoms with Gasteiger partial charge < -0.3 is 25.2 Å². The van der Waals surface area contributed by atoms with Crippen LogP contribution in [0.2, 0.25) is 0 Å². The highest BCUT2D eigenvalue weighted by Gasteiger charge is 2.29. The van der Waals surface area contributed by atoms with Crippen molar-refractivity contribution in [1.82, 2.24) is 10.2 Å². The Balaban J connectivity index is 1.58. The molecule has 31 heavy (non-hydrogen) atoms. The molecular formula is C23H35FN4O3. The topological polar surface area (TPSA) is 73.9 Å². The van der Waals surface area contributed by atoms with Gasteiger partial charge in [-0.1, -0.05) is 13.8 Å². The normalized spacial score (nSPS) is 24.3. The van der Waals surface area contributed by atoms with E-state index in [0.717, 1.165) is 6.42 Å². The third kappa shape index (κ3) is 6.32. The quantitative estimate of drug-likeness (QED) is 0.744. The lowest BCUT2D eigenvalue weighted by Crippen LogP contribution is -2.48. The fraction of sp³-hybridized carbons (Fsp3) is 0.652. The predicted octanol–water partition coefficient (Wildman–Crippen LogP) is 3.46. The van der Waals surface area contributed by atoms with Crippen molar-refractivity contribution in [2.45, 2.75) is 52.7 Å². The number of anilines is 2. The van der Waals surface area contributed by atoms with E-state index < -0.39 is 0 Å². The molecule has 0 unspecified atom stereocenters. The van der Waals surface area contributed by atoms with Crippen LogP contribution in [0.5, 0.6) is 0 Å². The van der Waals surface area contributed by atoms with E-state index in [0.29, 0.717) is 56.4 Å². The average Bonchev–Trinajstić information content (AvgIpc) is 2.71. The largest absolute Gasteiger partial charge is 0.372 e. The average molecular weight is 435 g/mol. The van der Waals surface area contributed by atoms with Crippen molar-refractivity contribution in [2.24, 2.45) is 11.8 Å². The van der Waals surface area contributed by atoms with Crippen molar-refractivity contribution in [1.29, 1.82) is 0 Å². The number of piperidine rings is 1. The first-order chi connectivity index (χ1) is 14.7. The standard InChI is InChI=1S/C23H35FN4O3/c1-15(2)11-25-23(30)27-9-5-6-18(14-27)22(29)26-19-7-8-21(20(24)10-19)28-12-16(3)31-17(4)13-28/h7-8,10,15-18H,5-6,9,11-14H2,1-4H3,(H,25,30)(H,26,29)/t16-,17+,18-/m0/s1. The van der Waals surface area contributed by atoms with Crippen LogP contribution in [0.25, 0.3) is 0 Å². The molecule has 0 aromatic heterocycles. The molecular weight excluding hydrogens is 399 g/mol. The van der Waals surface area contributed by atoms with Crippen molar-refractivity contribution >= 4 is 23.3 Å². The van der Waals surface area contributed by atoms with E-state index in [1.54, 1.807) is 17.0 Å². The molecule has 0 saturated carbocycles. The summed E-state index contributed by atoms with van der Waals surface area (Å²) in [5.74, 6) is -0.476. The highest BCUT2D eigenvalue weighted by atomic mass is 19.1. The molecule has 2 saturated heterocycles. The van der Waals surface area contributed by atoms with Gasteiger partial charge in [-0.2, -0.15) is 0 Å². The van der Waals surface area contributed by atoms with Crippen LogP contribution in [0.3, 0.4) is 0 Å². The molecule has 0 radical (unpaired) electrons. The molecule has 0 aliphatic carbocycles. The van der Waals surface area contributed by atoms with Crippen molar-refractivity contribution < 1.29 is 18.7 Å². The summed E-state index contributed by atoms with van der Waals surface area (Å²) >= 11 is 0. The first kappa shape index (κ1) is 23.3. The van der Waals surface area contributed by atoms with E-state index in [4.69, 9.17) is 4.74 Å². The Morgan fingerprint density at radius 3 is 2.55 bits per heavy atom. The van der Waals surface area contributed by atoms with Gasteiger partial charge in [-0.15, -0.1) is 0 Å². The van der Waals surface area contributed by atoms with Crippen LogP contribution in [-0.4, -0.2) is 61.8 Å². The highest BCUT2D eigenvalue weighted by molar-refractivity contribution is 5.93. The highest BCUT2D eigenvalue weighted by Crippen LogP contribution is 2.27.